The summed E-state index contributed by atoms with van der Waals surface area (Å²) in [6.07, 6.45) is 1.82. The number of benzene rings is 1. The summed E-state index contributed by atoms with van der Waals surface area (Å²) in [7, 11) is -2.99. The Bertz CT molecular complexity index is 676. The second-order valence-corrected chi connectivity index (χ2v) is 8.08. The van der Waals surface area contributed by atoms with Gasteiger partial charge in [-0.3, -0.25) is 4.79 Å². The van der Waals surface area contributed by atoms with Crippen LogP contribution in [0.15, 0.2) is 27.8 Å². The predicted molar refractivity (Wildman–Crippen MR) is 81.2 cm³/mol. The highest BCUT2D eigenvalue weighted by Crippen LogP contribution is 2.21. The maximum absolute atomic E-state index is 13.5. The van der Waals surface area contributed by atoms with Gasteiger partial charge in [-0.25, -0.2) is 18.2 Å². The first-order valence-electron chi connectivity index (χ1n) is 6.33. The first-order valence-corrected chi connectivity index (χ1v) is 8.94. The Morgan fingerprint density at radius 3 is 2.90 bits per heavy atom. The SMILES string of the molecule is O=C(C[C@@H]1CCS(=O)(=O)C1)N/N=C\c1ccc(Br)cc1F. The molecule has 0 spiro atoms. The van der Waals surface area contributed by atoms with Gasteiger partial charge in [0.1, 0.15) is 5.82 Å². The third-order valence-corrected chi connectivity index (χ3v) is 5.49. The highest BCUT2D eigenvalue weighted by atomic mass is 79.9. The van der Waals surface area contributed by atoms with Crippen molar-refractivity contribution < 1.29 is 17.6 Å². The van der Waals surface area contributed by atoms with E-state index >= 15 is 0 Å². The zero-order valence-corrected chi connectivity index (χ0v) is 13.5. The van der Waals surface area contributed by atoms with Gasteiger partial charge in [-0.05, 0) is 30.5 Å². The van der Waals surface area contributed by atoms with E-state index in [9.17, 15) is 17.6 Å². The number of halogens is 2. The monoisotopic (exact) mass is 376 g/mol. The van der Waals surface area contributed by atoms with Gasteiger partial charge in [0.2, 0.25) is 5.91 Å². The Labute approximate surface area is 130 Å². The maximum atomic E-state index is 13.5. The molecule has 1 saturated heterocycles. The molecule has 0 unspecified atom stereocenters. The average Bonchev–Trinajstić information content (AvgIpc) is 2.71. The van der Waals surface area contributed by atoms with Crippen LogP contribution in [0.3, 0.4) is 0 Å². The molecule has 1 aliphatic rings. The molecule has 0 saturated carbocycles. The smallest absolute Gasteiger partial charge is 0.240 e. The van der Waals surface area contributed by atoms with E-state index in [2.05, 4.69) is 26.5 Å². The van der Waals surface area contributed by atoms with E-state index in [0.717, 1.165) is 0 Å². The van der Waals surface area contributed by atoms with Gasteiger partial charge >= 0.3 is 0 Å². The minimum absolute atomic E-state index is 0.0471. The summed E-state index contributed by atoms with van der Waals surface area (Å²) in [5.41, 5.74) is 2.54. The summed E-state index contributed by atoms with van der Waals surface area (Å²) in [4.78, 5) is 11.6. The van der Waals surface area contributed by atoms with Gasteiger partial charge in [-0.1, -0.05) is 15.9 Å². The lowest BCUT2D eigenvalue weighted by Crippen LogP contribution is -2.21. The molecule has 1 heterocycles. The van der Waals surface area contributed by atoms with E-state index in [1.54, 1.807) is 6.07 Å². The van der Waals surface area contributed by atoms with Gasteiger partial charge in [0.05, 0.1) is 17.7 Å². The summed E-state index contributed by atoms with van der Waals surface area (Å²) < 4.78 is 36.7. The lowest BCUT2D eigenvalue weighted by atomic mass is 10.1. The third-order valence-electron chi connectivity index (χ3n) is 3.16. The van der Waals surface area contributed by atoms with Crippen molar-refractivity contribution in [3.8, 4) is 0 Å². The summed E-state index contributed by atoms with van der Waals surface area (Å²) in [6.45, 7) is 0. The van der Waals surface area contributed by atoms with Crippen LogP contribution in [-0.2, 0) is 14.6 Å². The minimum atomic E-state index is -2.99. The Morgan fingerprint density at radius 1 is 1.52 bits per heavy atom. The van der Waals surface area contributed by atoms with Gasteiger partial charge in [0.15, 0.2) is 9.84 Å². The molecule has 5 nitrogen and oxygen atoms in total. The van der Waals surface area contributed by atoms with Crippen molar-refractivity contribution in [3.05, 3.63) is 34.1 Å². The molecule has 1 aromatic carbocycles. The topological polar surface area (TPSA) is 75.6 Å². The van der Waals surface area contributed by atoms with Gasteiger partial charge in [0, 0.05) is 16.5 Å². The fourth-order valence-electron chi connectivity index (χ4n) is 2.12. The van der Waals surface area contributed by atoms with Crippen molar-refractivity contribution in [1.82, 2.24) is 5.43 Å². The Morgan fingerprint density at radius 2 is 2.29 bits per heavy atom. The molecule has 0 radical (unpaired) electrons. The number of hydrazone groups is 1. The van der Waals surface area contributed by atoms with Crippen LogP contribution in [0.4, 0.5) is 4.39 Å². The Balaban J connectivity index is 1.85. The third kappa shape index (κ3) is 4.89. The molecule has 8 heteroatoms. The zero-order valence-electron chi connectivity index (χ0n) is 11.1. The molecular formula is C13H14BrFN2O3S. The molecule has 2 rings (SSSR count). The Hall–Kier alpha value is -1.28. The predicted octanol–water partition coefficient (Wildman–Crippen LogP) is 1.86. The van der Waals surface area contributed by atoms with Crippen LogP contribution in [0, 0.1) is 11.7 Å². The zero-order chi connectivity index (χ0) is 15.5. The van der Waals surface area contributed by atoms with Crippen LogP contribution in [0.5, 0.6) is 0 Å². The van der Waals surface area contributed by atoms with E-state index in [4.69, 9.17) is 0 Å². The van der Waals surface area contributed by atoms with E-state index < -0.39 is 15.7 Å². The molecule has 114 valence electrons. The standard InChI is InChI=1S/C13H14BrFN2O3S/c14-11-2-1-10(12(15)6-11)7-16-17-13(18)5-9-3-4-21(19,20)8-9/h1-2,6-7,9H,3-5,8H2,(H,17,18)/b16-7-/t9-/m0/s1. The first-order chi connectivity index (χ1) is 9.85. The van der Waals surface area contributed by atoms with Crippen molar-refractivity contribution in [2.24, 2.45) is 11.0 Å². The van der Waals surface area contributed by atoms with Crippen molar-refractivity contribution in [2.75, 3.05) is 11.5 Å². The number of rotatable bonds is 4. The molecule has 0 aromatic heterocycles. The lowest BCUT2D eigenvalue weighted by Gasteiger charge is -2.05. The number of hydrogen-bond acceptors (Lipinski definition) is 4. The van der Waals surface area contributed by atoms with E-state index in [1.165, 1.54) is 18.3 Å². The van der Waals surface area contributed by atoms with Crippen molar-refractivity contribution >= 4 is 37.9 Å². The van der Waals surface area contributed by atoms with Gasteiger partial charge < -0.3 is 0 Å². The van der Waals surface area contributed by atoms with Crippen LogP contribution >= 0.6 is 15.9 Å². The van der Waals surface area contributed by atoms with Crippen LogP contribution in [0.1, 0.15) is 18.4 Å². The fraction of sp³-hybridized carbons (Fsp3) is 0.385. The average molecular weight is 377 g/mol. The van der Waals surface area contributed by atoms with Crippen LogP contribution in [-0.4, -0.2) is 32.0 Å². The second kappa shape index (κ2) is 6.65. The molecular weight excluding hydrogens is 363 g/mol. The van der Waals surface area contributed by atoms with E-state index in [1.807, 2.05) is 0 Å². The summed E-state index contributed by atoms with van der Waals surface area (Å²) in [6, 6.07) is 4.49. The van der Waals surface area contributed by atoms with Crippen LogP contribution in [0.25, 0.3) is 0 Å². The van der Waals surface area contributed by atoms with Crippen LogP contribution < -0.4 is 5.43 Å². The number of carbonyl (C=O) groups is 1. The molecule has 1 aromatic rings. The first kappa shape index (κ1) is 16.1. The molecule has 1 atom stereocenters. The van der Waals surface area contributed by atoms with E-state index in [0.29, 0.717) is 10.9 Å². The number of carbonyl (C=O) groups excluding carboxylic acids is 1. The fourth-order valence-corrected chi connectivity index (χ4v) is 4.32. The van der Waals surface area contributed by atoms with Crippen molar-refractivity contribution in [3.63, 3.8) is 0 Å². The molecule has 0 bridgehead atoms. The number of nitrogens with zero attached hydrogens (tertiary/aromatic N) is 1. The van der Waals surface area contributed by atoms with Gasteiger partial charge in [-0.15, -0.1) is 0 Å². The Kier molecular flexibility index (Phi) is 5.10. The molecule has 1 fully saturated rings. The normalized spacial score (nSPS) is 20.8. The van der Waals surface area contributed by atoms with Gasteiger partial charge in [-0.2, -0.15) is 5.10 Å². The minimum Gasteiger partial charge on any atom is -0.273 e. The summed E-state index contributed by atoms with van der Waals surface area (Å²) in [5.74, 6) is -0.797. The van der Waals surface area contributed by atoms with Crippen molar-refractivity contribution in [2.45, 2.75) is 12.8 Å². The second-order valence-electron chi connectivity index (χ2n) is 4.93. The number of hydrogen-bond donors (Lipinski definition) is 1. The maximum Gasteiger partial charge on any atom is 0.240 e. The molecule has 0 aliphatic carbocycles. The molecule has 21 heavy (non-hydrogen) atoms. The lowest BCUT2D eigenvalue weighted by molar-refractivity contribution is -0.121. The highest BCUT2D eigenvalue weighted by molar-refractivity contribution is 9.10. The van der Waals surface area contributed by atoms with E-state index in [-0.39, 0.29) is 35.3 Å². The quantitative estimate of drug-likeness (QED) is 0.643. The molecule has 1 N–H and O–H groups in total. The summed E-state index contributed by atoms with van der Waals surface area (Å²) in [5, 5.41) is 3.68. The highest BCUT2D eigenvalue weighted by Gasteiger charge is 2.29. The molecule has 1 amide bonds. The van der Waals surface area contributed by atoms with Crippen molar-refractivity contribution in [1.29, 1.82) is 0 Å². The number of amides is 1. The largest absolute Gasteiger partial charge is 0.273 e. The molecule has 1 aliphatic heterocycles. The van der Waals surface area contributed by atoms with Crippen LogP contribution in [0.2, 0.25) is 0 Å². The summed E-state index contributed by atoms with van der Waals surface area (Å²) >= 11 is 3.14. The number of sulfone groups is 1. The number of nitrogens with one attached hydrogen (secondary N) is 1. The van der Waals surface area contributed by atoms with Gasteiger partial charge in [0.25, 0.3) is 0 Å².